The molecule has 0 radical (unpaired) electrons. The fraction of sp³-hybridized carbons (Fsp3) is 0.478. The molecule has 2 aromatic rings. The maximum atomic E-state index is 12.2. The van der Waals surface area contributed by atoms with Gasteiger partial charge >= 0.3 is 6.03 Å². The van der Waals surface area contributed by atoms with Gasteiger partial charge in [0, 0.05) is 31.1 Å². The van der Waals surface area contributed by atoms with Crippen molar-refractivity contribution in [2.45, 2.75) is 57.5 Å². The number of amides is 3. The Morgan fingerprint density at radius 3 is 2.62 bits per heavy atom. The van der Waals surface area contributed by atoms with E-state index in [9.17, 15) is 9.59 Å². The van der Waals surface area contributed by atoms with Gasteiger partial charge in [0.1, 0.15) is 5.75 Å². The van der Waals surface area contributed by atoms with Crippen LogP contribution < -0.4 is 20.7 Å². The number of fused-ring (bicyclic) bond motifs is 1. The van der Waals surface area contributed by atoms with Crippen molar-refractivity contribution in [3.63, 3.8) is 0 Å². The van der Waals surface area contributed by atoms with Gasteiger partial charge in [-0.05, 0) is 36.1 Å². The van der Waals surface area contributed by atoms with Crippen LogP contribution in [0.5, 0.6) is 5.75 Å². The number of ether oxygens (including phenoxy) is 1. The Bertz CT molecular complexity index is 831. The molecule has 156 valence electrons. The average molecular weight is 398 g/mol. The van der Waals surface area contributed by atoms with Gasteiger partial charge in [0.05, 0.1) is 7.11 Å². The molecular weight excluding hydrogens is 366 g/mol. The predicted octanol–water partition coefficient (Wildman–Crippen LogP) is 3.88. The Balaban J connectivity index is 1.40. The van der Waals surface area contributed by atoms with Crippen molar-refractivity contribution in [2.24, 2.45) is 0 Å². The molecule has 1 saturated carbocycles. The van der Waals surface area contributed by atoms with Crippen LogP contribution in [0.15, 0.2) is 36.4 Å². The maximum absolute atomic E-state index is 12.2. The lowest BCUT2D eigenvalue weighted by molar-refractivity contribution is -0.121. The van der Waals surface area contributed by atoms with Crippen LogP contribution in [-0.2, 0) is 11.3 Å². The fourth-order valence-electron chi connectivity index (χ4n) is 3.90. The molecule has 3 rings (SSSR count). The number of benzene rings is 2. The number of hydrogen-bond acceptors (Lipinski definition) is 3. The molecule has 6 heteroatoms. The molecule has 3 N–H and O–H groups in total. The normalized spacial score (nSPS) is 14.4. The number of carbonyl (C=O) groups excluding carboxylic acids is 2. The van der Waals surface area contributed by atoms with Crippen LogP contribution in [0.2, 0.25) is 0 Å². The zero-order valence-corrected chi connectivity index (χ0v) is 17.1. The first-order valence-electron chi connectivity index (χ1n) is 10.5. The van der Waals surface area contributed by atoms with Crippen molar-refractivity contribution in [2.75, 3.05) is 13.7 Å². The highest BCUT2D eigenvalue weighted by Gasteiger charge is 2.15. The van der Waals surface area contributed by atoms with Gasteiger partial charge in [-0.25, -0.2) is 4.79 Å². The van der Waals surface area contributed by atoms with Crippen molar-refractivity contribution in [3.8, 4) is 5.75 Å². The Morgan fingerprint density at radius 1 is 1.03 bits per heavy atom. The molecule has 1 aliphatic carbocycles. The molecule has 0 atom stereocenters. The molecule has 1 aliphatic rings. The summed E-state index contributed by atoms with van der Waals surface area (Å²) in [5.41, 5.74) is 0.976. The lowest BCUT2D eigenvalue weighted by Gasteiger charge is -2.22. The minimum Gasteiger partial charge on any atom is -0.496 e. The van der Waals surface area contributed by atoms with Gasteiger partial charge in [-0.1, -0.05) is 49.6 Å². The van der Waals surface area contributed by atoms with Gasteiger partial charge < -0.3 is 20.7 Å². The standard InChI is InChI=1S/C23H31N3O3/c1-29-21-14-13-17-8-5-6-11-19(17)20(21)16-25-22(27)12-7-15-24-23(28)26-18-9-3-2-4-10-18/h5-6,8,11,13-14,18H,2-4,7,9-10,12,15-16H2,1H3,(H,25,27)(H2,24,26,28). The number of urea groups is 1. The lowest BCUT2D eigenvalue weighted by atomic mass is 9.96. The van der Waals surface area contributed by atoms with E-state index in [0.717, 1.165) is 34.9 Å². The molecule has 0 unspecified atom stereocenters. The van der Waals surface area contributed by atoms with Gasteiger partial charge in [0.25, 0.3) is 0 Å². The zero-order valence-electron chi connectivity index (χ0n) is 17.1. The van der Waals surface area contributed by atoms with Gasteiger partial charge in [0.2, 0.25) is 5.91 Å². The summed E-state index contributed by atoms with van der Waals surface area (Å²) in [5.74, 6) is 0.736. The van der Waals surface area contributed by atoms with Crippen LogP contribution in [0.3, 0.4) is 0 Å². The summed E-state index contributed by atoms with van der Waals surface area (Å²) in [7, 11) is 1.64. The number of hydrogen-bond donors (Lipinski definition) is 3. The second-order valence-corrected chi connectivity index (χ2v) is 7.58. The molecule has 6 nitrogen and oxygen atoms in total. The number of carbonyl (C=O) groups is 2. The Morgan fingerprint density at radius 2 is 1.83 bits per heavy atom. The van der Waals surface area contributed by atoms with Crippen molar-refractivity contribution in [1.82, 2.24) is 16.0 Å². The van der Waals surface area contributed by atoms with E-state index in [1.54, 1.807) is 7.11 Å². The SMILES string of the molecule is COc1ccc2ccccc2c1CNC(=O)CCCNC(=O)NC1CCCCC1. The molecule has 0 saturated heterocycles. The molecule has 0 aromatic heterocycles. The van der Waals surface area contributed by atoms with Crippen LogP contribution in [0.1, 0.15) is 50.5 Å². The molecule has 0 heterocycles. The molecule has 0 bridgehead atoms. The van der Waals surface area contributed by atoms with Crippen molar-refractivity contribution >= 4 is 22.7 Å². The van der Waals surface area contributed by atoms with Crippen molar-refractivity contribution in [1.29, 1.82) is 0 Å². The van der Waals surface area contributed by atoms with Crippen LogP contribution in [0.4, 0.5) is 4.79 Å². The highest BCUT2D eigenvalue weighted by atomic mass is 16.5. The van der Waals surface area contributed by atoms with Crippen LogP contribution in [-0.4, -0.2) is 31.6 Å². The molecule has 29 heavy (non-hydrogen) atoms. The molecule has 2 aromatic carbocycles. The van der Waals surface area contributed by atoms with Crippen LogP contribution in [0.25, 0.3) is 10.8 Å². The van der Waals surface area contributed by atoms with E-state index >= 15 is 0 Å². The third-order valence-electron chi connectivity index (χ3n) is 5.49. The summed E-state index contributed by atoms with van der Waals surface area (Å²) in [5, 5.41) is 11.0. The molecule has 3 amide bonds. The first-order chi connectivity index (χ1) is 14.2. The summed E-state index contributed by atoms with van der Waals surface area (Å²) in [6, 6.07) is 12.2. The number of rotatable bonds is 8. The van der Waals surface area contributed by atoms with Crippen LogP contribution >= 0.6 is 0 Å². The lowest BCUT2D eigenvalue weighted by Crippen LogP contribution is -2.43. The quantitative estimate of drug-likeness (QED) is 0.592. The predicted molar refractivity (Wildman–Crippen MR) is 115 cm³/mol. The Labute approximate surface area is 172 Å². The van der Waals surface area contributed by atoms with Crippen LogP contribution in [0, 0.1) is 0 Å². The number of nitrogens with one attached hydrogen (secondary N) is 3. The summed E-state index contributed by atoms with van der Waals surface area (Å²) in [6.45, 7) is 0.905. The van der Waals surface area contributed by atoms with E-state index in [-0.39, 0.29) is 11.9 Å². The molecule has 0 aliphatic heterocycles. The van der Waals surface area contributed by atoms with Gasteiger partial charge in [-0.3, -0.25) is 4.79 Å². The summed E-state index contributed by atoms with van der Waals surface area (Å²) in [6.07, 6.45) is 6.74. The molecule has 1 fully saturated rings. The fourth-order valence-corrected chi connectivity index (χ4v) is 3.90. The largest absolute Gasteiger partial charge is 0.496 e. The second-order valence-electron chi connectivity index (χ2n) is 7.58. The monoisotopic (exact) mass is 397 g/mol. The van der Waals surface area contributed by atoms with Crippen molar-refractivity contribution in [3.05, 3.63) is 42.0 Å². The second kappa shape index (κ2) is 10.7. The third-order valence-corrected chi connectivity index (χ3v) is 5.49. The molecular formula is C23H31N3O3. The van der Waals surface area contributed by atoms with E-state index in [0.29, 0.717) is 32.0 Å². The smallest absolute Gasteiger partial charge is 0.315 e. The Hall–Kier alpha value is -2.76. The van der Waals surface area contributed by atoms with E-state index in [4.69, 9.17) is 4.74 Å². The highest BCUT2D eigenvalue weighted by molar-refractivity contribution is 5.88. The Kier molecular flexibility index (Phi) is 7.73. The highest BCUT2D eigenvalue weighted by Crippen LogP contribution is 2.27. The van der Waals surface area contributed by atoms with Gasteiger partial charge in [0.15, 0.2) is 0 Å². The van der Waals surface area contributed by atoms with Gasteiger partial charge in [-0.2, -0.15) is 0 Å². The number of methoxy groups -OCH3 is 1. The maximum Gasteiger partial charge on any atom is 0.315 e. The summed E-state index contributed by atoms with van der Waals surface area (Å²) >= 11 is 0. The zero-order chi connectivity index (χ0) is 20.5. The van der Waals surface area contributed by atoms with Crippen molar-refractivity contribution < 1.29 is 14.3 Å². The topological polar surface area (TPSA) is 79.5 Å². The minimum absolute atomic E-state index is 0.0329. The van der Waals surface area contributed by atoms with E-state index in [1.165, 1.54) is 19.3 Å². The third kappa shape index (κ3) is 6.11. The molecule has 0 spiro atoms. The first kappa shape index (κ1) is 21.0. The van der Waals surface area contributed by atoms with E-state index in [1.807, 2.05) is 36.4 Å². The first-order valence-corrected chi connectivity index (χ1v) is 10.5. The summed E-state index contributed by atoms with van der Waals surface area (Å²) < 4.78 is 5.47. The average Bonchev–Trinajstić information content (AvgIpc) is 2.75. The van der Waals surface area contributed by atoms with Gasteiger partial charge in [-0.15, -0.1) is 0 Å². The van der Waals surface area contributed by atoms with E-state index in [2.05, 4.69) is 16.0 Å². The summed E-state index contributed by atoms with van der Waals surface area (Å²) in [4.78, 5) is 24.2. The minimum atomic E-state index is -0.127. The van der Waals surface area contributed by atoms with E-state index < -0.39 is 0 Å².